The number of amides is 3. The molecular formula is C20H33N3O2. The lowest BCUT2D eigenvalue weighted by Crippen LogP contribution is -2.46. The van der Waals surface area contributed by atoms with E-state index in [0.29, 0.717) is 11.8 Å². The van der Waals surface area contributed by atoms with Gasteiger partial charge in [-0.25, -0.2) is 4.79 Å². The van der Waals surface area contributed by atoms with Crippen molar-refractivity contribution in [1.82, 2.24) is 16.0 Å². The Morgan fingerprint density at radius 1 is 0.960 bits per heavy atom. The lowest BCUT2D eigenvalue weighted by atomic mass is 9.93. The van der Waals surface area contributed by atoms with Gasteiger partial charge in [0.2, 0.25) is 5.91 Å². The minimum atomic E-state index is -0.441. The van der Waals surface area contributed by atoms with Crippen LogP contribution in [0, 0.1) is 5.92 Å². The molecule has 0 fully saturated rings. The Kier molecular flexibility index (Phi) is 8.62. The summed E-state index contributed by atoms with van der Waals surface area (Å²) in [5.41, 5.74) is 2.45. The van der Waals surface area contributed by atoms with E-state index < -0.39 is 6.03 Å². The van der Waals surface area contributed by atoms with E-state index in [2.05, 4.69) is 67.9 Å². The second kappa shape index (κ2) is 10.2. The summed E-state index contributed by atoms with van der Waals surface area (Å²) >= 11 is 0. The zero-order valence-corrected chi connectivity index (χ0v) is 16.3. The largest absolute Gasteiger partial charge is 0.335 e. The molecule has 1 aromatic carbocycles. The van der Waals surface area contributed by atoms with Crippen LogP contribution in [0.4, 0.5) is 4.79 Å². The fourth-order valence-corrected chi connectivity index (χ4v) is 2.56. The maximum absolute atomic E-state index is 12.0. The van der Waals surface area contributed by atoms with E-state index in [0.717, 1.165) is 12.0 Å². The number of hydrogen-bond donors (Lipinski definition) is 3. The molecule has 0 aliphatic rings. The molecule has 3 N–H and O–H groups in total. The normalized spacial score (nSPS) is 13.6. The molecule has 5 heteroatoms. The Morgan fingerprint density at radius 3 is 2.00 bits per heavy atom. The SMILES string of the molecule is CC[C@@H](C)NC(=O)NC(=O)CN[C@@H](c1ccc(C(C)C)cc1)C(C)C. The van der Waals surface area contributed by atoms with Crippen LogP contribution in [-0.2, 0) is 4.79 Å². The summed E-state index contributed by atoms with van der Waals surface area (Å²) in [6.07, 6.45) is 0.821. The Bertz CT molecular complexity index is 553. The number of hydrogen-bond acceptors (Lipinski definition) is 3. The maximum atomic E-state index is 12.0. The van der Waals surface area contributed by atoms with Crippen LogP contribution < -0.4 is 16.0 Å². The second-order valence-electron chi connectivity index (χ2n) is 7.25. The zero-order chi connectivity index (χ0) is 19.0. The van der Waals surface area contributed by atoms with Gasteiger partial charge in [0.1, 0.15) is 0 Å². The van der Waals surface area contributed by atoms with Crippen LogP contribution in [0.5, 0.6) is 0 Å². The Labute approximate surface area is 152 Å². The highest BCUT2D eigenvalue weighted by Crippen LogP contribution is 2.23. The van der Waals surface area contributed by atoms with Crippen LogP contribution in [0.2, 0.25) is 0 Å². The van der Waals surface area contributed by atoms with Gasteiger partial charge in [-0.05, 0) is 36.3 Å². The third-order valence-corrected chi connectivity index (χ3v) is 4.35. The molecule has 0 aromatic heterocycles. The van der Waals surface area contributed by atoms with Crippen LogP contribution in [0.3, 0.4) is 0 Å². The van der Waals surface area contributed by atoms with Gasteiger partial charge in [0.15, 0.2) is 0 Å². The van der Waals surface area contributed by atoms with E-state index in [-0.39, 0.29) is 24.5 Å². The standard InChI is InChI=1S/C20H33N3O2/c1-7-15(6)22-20(25)23-18(24)12-21-19(14(4)5)17-10-8-16(9-11-17)13(2)3/h8-11,13-15,19,21H,7,12H2,1-6H3,(H2,22,23,24,25)/t15-,19-/m1/s1. The predicted molar refractivity (Wildman–Crippen MR) is 103 cm³/mol. The van der Waals surface area contributed by atoms with Crippen LogP contribution in [-0.4, -0.2) is 24.5 Å². The number of carbonyl (C=O) groups excluding carboxylic acids is 2. The topological polar surface area (TPSA) is 70.2 Å². The summed E-state index contributed by atoms with van der Waals surface area (Å²) in [4.78, 5) is 23.7. The molecule has 25 heavy (non-hydrogen) atoms. The Hall–Kier alpha value is -1.88. The molecular weight excluding hydrogens is 314 g/mol. The third kappa shape index (κ3) is 7.26. The molecule has 0 saturated heterocycles. The average molecular weight is 348 g/mol. The van der Waals surface area contributed by atoms with Crippen molar-refractivity contribution in [2.75, 3.05) is 6.54 Å². The van der Waals surface area contributed by atoms with Gasteiger partial charge in [-0.2, -0.15) is 0 Å². The molecule has 5 nitrogen and oxygen atoms in total. The number of imide groups is 1. The lowest BCUT2D eigenvalue weighted by Gasteiger charge is -2.23. The molecule has 0 bridgehead atoms. The number of rotatable bonds is 8. The fraction of sp³-hybridized carbons (Fsp3) is 0.600. The van der Waals surface area contributed by atoms with Crippen molar-refractivity contribution in [3.63, 3.8) is 0 Å². The summed E-state index contributed by atoms with van der Waals surface area (Å²) < 4.78 is 0. The number of urea groups is 1. The molecule has 0 saturated carbocycles. The lowest BCUT2D eigenvalue weighted by molar-refractivity contribution is -0.119. The smallest absolute Gasteiger partial charge is 0.321 e. The van der Waals surface area contributed by atoms with Crippen molar-refractivity contribution in [3.05, 3.63) is 35.4 Å². The Balaban J connectivity index is 2.61. The fourth-order valence-electron chi connectivity index (χ4n) is 2.56. The molecule has 0 radical (unpaired) electrons. The summed E-state index contributed by atoms with van der Waals surface area (Å²) in [7, 11) is 0. The van der Waals surface area contributed by atoms with E-state index in [1.54, 1.807) is 0 Å². The van der Waals surface area contributed by atoms with Crippen molar-refractivity contribution < 1.29 is 9.59 Å². The molecule has 140 valence electrons. The molecule has 3 amide bonds. The molecule has 0 unspecified atom stereocenters. The predicted octanol–water partition coefficient (Wildman–Crippen LogP) is 3.72. The quantitative estimate of drug-likeness (QED) is 0.671. The molecule has 1 aromatic rings. The van der Waals surface area contributed by atoms with E-state index in [1.165, 1.54) is 5.56 Å². The van der Waals surface area contributed by atoms with Crippen LogP contribution in [0.1, 0.15) is 71.0 Å². The zero-order valence-electron chi connectivity index (χ0n) is 16.3. The summed E-state index contributed by atoms with van der Waals surface area (Å²) in [6.45, 7) is 12.5. The summed E-state index contributed by atoms with van der Waals surface area (Å²) in [6, 6.07) is 8.16. The van der Waals surface area contributed by atoms with Crippen LogP contribution in [0.15, 0.2) is 24.3 Å². The monoisotopic (exact) mass is 347 g/mol. The van der Waals surface area contributed by atoms with Crippen molar-refractivity contribution in [1.29, 1.82) is 0 Å². The average Bonchev–Trinajstić information content (AvgIpc) is 2.54. The van der Waals surface area contributed by atoms with Gasteiger partial charge >= 0.3 is 6.03 Å². The molecule has 0 heterocycles. The maximum Gasteiger partial charge on any atom is 0.321 e. The van der Waals surface area contributed by atoms with Crippen LogP contribution >= 0.6 is 0 Å². The highest BCUT2D eigenvalue weighted by molar-refractivity contribution is 5.95. The molecule has 0 aliphatic carbocycles. The van der Waals surface area contributed by atoms with Gasteiger partial charge in [-0.1, -0.05) is 58.9 Å². The minimum absolute atomic E-state index is 0.0450. The molecule has 2 atom stereocenters. The van der Waals surface area contributed by atoms with Gasteiger partial charge in [-0.15, -0.1) is 0 Å². The first-order valence-electron chi connectivity index (χ1n) is 9.18. The first-order valence-corrected chi connectivity index (χ1v) is 9.18. The first kappa shape index (κ1) is 21.2. The Morgan fingerprint density at radius 2 is 1.52 bits per heavy atom. The molecule has 0 aliphatic heterocycles. The molecule has 1 rings (SSSR count). The number of carbonyl (C=O) groups is 2. The minimum Gasteiger partial charge on any atom is -0.335 e. The van der Waals surface area contributed by atoms with E-state index in [1.807, 2.05) is 13.8 Å². The van der Waals surface area contributed by atoms with Gasteiger partial charge in [0.25, 0.3) is 0 Å². The highest BCUT2D eigenvalue weighted by Gasteiger charge is 2.18. The van der Waals surface area contributed by atoms with Gasteiger partial charge in [0, 0.05) is 12.1 Å². The first-order chi connectivity index (χ1) is 11.7. The molecule has 0 spiro atoms. The third-order valence-electron chi connectivity index (χ3n) is 4.35. The summed E-state index contributed by atoms with van der Waals surface area (Å²) in [5.74, 6) is 0.492. The van der Waals surface area contributed by atoms with Gasteiger partial charge in [-0.3, -0.25) is 10.1 Å². The van der Waals surface area contributed by atoms with Crippen molar-refractivity contribution >= 4 is 11.9 Å². The van der Waals surface area contributed by atoms with E-state index in [9.17, 15) is 9.59 Å². The van der Waals surface area contributed by atoms with Crippen LogP contribution in [0.25, 0.3) is 0 Å². The second-order valence-corrected chi connectivity index (χ2v) is 7.25. The van der Waals surface area contributed by atoms with E-state index >= 15 is 0 Å². The van der Waals surface area contributed by atoms with Crippen molar-refractivity contribution in [2.45, 2.75) is 66.0 Å². The van der Waals surface area contributed by atoms with Gasteiger partial charge in [0.05, 0.1) is 6.54 Å². The summed E-state index contributed by atoms with van der Waals surface area (Å²) in [5, 5.41) is 8.35. The number of benzene rings is 1. The van der Waals surface area contributed by atoms with E-state index in [4.69, 9.17) is 0 Å². The highest BCUT2D eigenvalue weighted by atomic mass is 16.2. The van der Waals surface area contributed by atoms with Gasteiger partial charge < -0.3 is 10.6 Å². The van der Waals surface area contributed by atoms with Crippen molar-refractivity contribution in [3.8, 4) is 0 Å². The number of nitrogens with one attached hydrogen (secondary N) is 3. The van der Waals surface area contributed by atoms with Crippen molar-refractivity contribution in [2.24, 2.45) is 5.92 Å².